The van der Waals surface area contributed by atoms with Gasteiger partial charge in [-0.3, -0.25) is 9.59 Å². The molecular weight excluding hydrogens is 310 g/mol. The molecule has 0 radical (unpaired) electrons. The highest BCUT2D eigenvalue weighted by Gasteiger charge is 2.27. The van der Waals surface area contributed by atoms with Gasteiger partial charge in [0.15, 0.2) is 5.76 Å². The van der Waals surface area contributed by atoms with Crippen LogP contribution < -0.4 is 11.2 Å². The van der Waals surface area contributed by atoms with E-state index in [1.807, 2.05) is 0 Å². The van der Waals surface area contributed by atoms with E-state index in [9.17, 15) is 14.7 Å². The summed E-state index contributed by atoms with van der Waals surface area (Å²) in [6.07, 6.45) is 2.13. The Morgan fingerprint density at radius 1 is 1.29 bits per heavy atom. The number of para-hydroxylation sites is 1. The van der Waals surface area contributed by atoms with Crippen molar-refractivity contribution in [1.29, 1.82) is 0 Å². The molecule has 0 aliphatic heterocycles. The van der Waals surface area contributed by atoms with E-state index in [-0.39, 0.29) is 17.1 Å². The van der Waals surface area contributed by atoms with Gasteiger partial charge in [0.05, 0.1) is 11.3 Å². The first-order valence-corrected chi connectivity index (χ1v) is 7.56. The lowest BCUT2D eigenvalue weighted by atomic mass is 9.93. The summed E-state index contributed by atoms with van der Waals surface area (Å²) < 4.78 is 5.53. The van der Waals surface area contributed by atoms with Crippen LogP contribution in [0, 0.1) is 6.92 Å². The Morgan fingerprint density at radius 3 is 2.75 bits per heavy atom. The average molecular weight is 327 g/mol. The Labute approximate surface area is 138 Å². The Balaban J connectivity index is 1.89. The number of fused-ring (bicyclic) bond motifs is 1. The van der Waals surface area contributed by atoms with Gasteiger partial charge in [0, 0.05) is 17.5 Å². The highest BCUT2D eigenvalue weighted by Crippen LogP contribution is 2.29. The molecule has 0 saturated heterocycles. The molecule has 7 nitrogen and oxygen atoms in total. The third-order valence-electron chi connectivity index (χ3n) is 3.99. The normalized spacial score (nSPS) is 15.1. The van der Waals surface area contributed by atoms with E-state index in [1.165, 1.54) is 12.1 Å². The van der Waals surface area contributed by atoms with E-state index in [4.69, 9.17) is 10.2 Å². The number of nitrogens with zero attached hydrogens (tertiary/aromatic N) is 1. The smallest absolute Gasteiger partial charge is 0.284 e. The number of rotatable bonds is 3. The van der Waals surface area contributed by atoms with Crippen LogP contribution in [0.1, 0.15) is 50.6 Å². The van der Waals surface area contributed by atoms with Gasteiger partial charge in [0.25, 0.3) is 11.8 Å². The molecule has 0 saturated carbocycles. The van der Waals surface area contributed by atoms with E-state index >= 15 is 0 Å². The molecule has 3 rings (SSSR count). The number of carbonyl (C=O) groups excluding carboxylic acids is 2. The molecular formula is C17H17N3O4. The number of aryl methyl sites for hydroxylation is 1. The van der Waals surface area contributed by atoms with E-state index in [0.29, 0.717) is 29.9 Å². The first-order valence-electron chi connectivity index (χ1n) is 7.56. The second kappa shape index (κ2) is 6.19. The molecule has 0 unspecified atom stereocenters. The van der Waals surface area contributed by atoms with Gasteiger partial charge in [0.1, 0.15) is 11.5 Å². The van der Waals surface area contributed by atoms with Crippen molar-refractivity contribution in [1.82, 2.24) is 5.43 Å². The van der Waals surface area contributed by atoms with Gasteiger partial charge in [-0.15, -0.1) is 0 Å². The minimum atomic E-state index is -0.625. The number of hydrazone groups is 1. The average Bonchev–Trinajstić information content (AvgIpc) is 2.91. The predicted molar refractivity (Wildman–Crippen MR) is 87.0 cm³/mol. The van der Waals surface area contributed by atoms with Crippen LogP contribution in [0.2, 0.25) is 0 Å². The molecule has 1 heterocycles. The predicted octanol–water partition coefficient (Wildman–Crippen LogP) is 1.86. The third-order valence-corrected chi connectivity index (χ3v) is 3.99. The highest BCUT2D eigenvalue weighted by molar-refractivity contribution is 6.07. The van der Waals surface area contributed by atoms with Gasteiger partial charge >= 0.3 is 0 Å². The van der Waals surface area contributed by atoms with Crippen molar-refractivity contribution >= 4 is 17.5 Å². The lowest BCUT2D eigenvalue weighted by Gasteiger charge is -2.13. The SMILES string of the molecule is Cc1c(C(N)=O)oc2c1/C(=N/NC(=O)c1ccccc1O)CCC2. The maximum atomic E-state index is 12.1. The number of benzene rings is 1. The number of hydrogen-bond donors (Lipinski definition) is 3. The van der Waals surface area contributed by atoms with Crippen LogP contribution in [-0.4, -0.2) is 22.6 Å². The Morgan fingerprint density at radius 2 is 2.04 bits per heavy atom. The number of amides is 2. The molecule has 124 valence electrons. The highest BCUT2D eigenvalue weighted by atomic mass is 16.4. The first kappa shape index (κ1) is 15.8. The van der Waals surface area contributed by atoms with E-state index < -0.39 is 11.8 Å². The van der Waals surface area contributed by atoms with Crippen LogP contribution in [0.15, 0.2) is 33.8 Å². The molecule has 0 bridgehead atoms. The molecule has 1 aliphatic carbocycles. The van der Waals surface area contributed by atoms with E-state index in [2.05, 4.69) is 10.5 Å². The summed E-state index contributed by atoms with van der Waals surface area (Å²) in [4.78, 5) is 23.6. The third kappa shape index (κ3) is 2.76. The fraction of sp³-hybridized carbons (Fsp3) is 0.235. The summed E-state index contributed by atoms with van der Waals surface area (Å²) in [5.74, 6) is -0.469. The van der Waals surface area contributed by atoms with Gasteiger partial charge in [0.2, 0.25) is 0 Å². The second-order valence-electron chi connectivity index (χ2n) is 5.59. The number of hydrogen-bond acceptors (Lipinski definition) is 5. The lowest BCUT2D eigenvalue weighted by molar-refractivity contribution is 0.0949. The topological polar surface area (TPSA) is 118 Å². The number of furan rings is 1. The first-order chi connectivity index (χ1) is 11.5. The van der Waals surface area contributed by atoms with Crippen LogP contribution in [0.4, 0.5) is 0 Å². The second-order valence-corrected chi connectivity index (χ2v) is 5.59. The molecule has 24 heavy (non-hydrogen) atoms. The Hall–Kier alpha value is -3.09. The number of nitrogens with one attached hydrogen (secondary N) is 1. The van der Waals surface area contributed by atoms with Crippen molar-refractivity contribution < 1.29 is 19.1 Å². The molecule has 7 heteroatoms. The molecule has 1 aliphatic rings. The zero-order valence-corrected chi connectivity index (χ0v) is 13.1. The number of primary amides is 1. The fourth-order valence-electron chi connectivity index (χ4n) is 2.86. The molecule has 2 amide bonds. The van der Waals surface area contributed by atoms with Gasteiger partial charge in [-0.1, -0.05) is 12.1 Å². The summed E-state index contributed by atoms with van der Waals surface area (Å²) in [7, 11) is 0. The zero-order valence-electron chi connectivity index (χ0n) is 13.1. The largest absolute Gasteiger partial charge is 0.507 e. The summed E-state index contributed by atoms with van der Waals surface area (Å²) in [5, 5.41) is 13.9. The number of phenols is 1. The molecule has 0 atom stereocenters. The summed E-state index contributed by atoms with van der Waals surface area (Å²) in [6.45, 7) is 1.74. The van der Waals surface area contributed by atoms with Crippen LogP contribution in [0.25, 0.3) is 0 Å². The van der Waals surface area contributed by atoms with Gasteiger partial charge < -0.3 is 15.3 Å². The molecule has 0 spiro atoms. The fourth-order valence-corrected chi connectivity index (χ4v) is 2.86. The van der Waals surface area contributed by atoms with Crippen molar-refractivity contribution in [2.45, 2.75) is 26.2 Å². The van der Waals surface area contributed by atoms with Crippen LogP contribution in [0.5, 0.6) is 5.75 Å². The summed E-state index contributed by atoms with van der Waals surface area (Å²) in [6, 6.07) is 6.22. The van der Waals surface area contributed by atoms with Crippen LogP contribution in [0.3, 0.4) is 0 Å². The van der Waals surface area contributed by atoms with Crippen molar-refractivity contribution in [3.63, 3.8) is 0 Å². The summed E-state index contributed by atoms with van der Waals surface area (Å²) >= 11 is 0. The summed E-state index contributed by atoms with van der Waals surface area (Å²) in [5.41, 5.74) is 9.90. The van der Waals surface area contributed by atoms with Crippen LogP contribution in [-0.2, 0) is 6.42 Å². The number of carbonyl (C=O) groups is 2. The van der Waals surface area contributed by atoms with Crippen molar-refractivity contribution in [3.05, 3.63) is 52.5 Å². The van der Waals surface area contributed by atoms with Crippen LogP contribution >= 0.6 is 0 Å². The quantitative estimate of drug-likeness (QED) is 0.746. The Bertz CT molecular complexity index is 852. The van der Waals surface area contributed by atoms with E-state index in [1.54, 1.807) is 19.1 Å². The minimum Gasteiger partial charge on any atom is -0.507 e. The maximum Gasteiger partial charge on any atom is 0.284 e. The standard InChI is InChI=1S/C17H17N3O4/c1-9-14-11(6-4-8-13(14)24-15(9)16(18)22)19-20-17(23)10-5-2-3-7-12(10)21/h2-3,5,7,21H,4,6,8H2,1H3,(H2,18,22)(H,20,23)/b19-11+. The number of phenolic OH excluding ortho intramolecular Hbond substituents is 1. The van der Waals surface area contributed by atoms with Crippen molar-refractivity contribution in [3.8, 4) is 5.75 Å². The van der Waals surface area contributed by atoms with Crippen molar-refractivity contribution in [2.75, 3.05) is 0 Å². The van der Waals surface area contributed by atoms with Gasteiger partial charge in [-0.2, -0.15) is 5.10 Å². The molecule has 2 aromatic rings. The molecule has 4 N–H and O–H groups in total. The van der Waals surface area contributed by atoms with E-state index in [0.717, 1.165) is 12.0 Å². The monoisotopic (exact) mass is 327 g/mol. The van der Waals surface area contributed by atoms with Gasteiger partial charge in [-0.25, -0.2) is 5.43 Å². The zero-order chi connectivity index (χ0) is 17.3. The molecule has 0 fully saturated rings. The molecule has 1 aromatic heterocycles. The molecule has 1 aromatic carbocycles. The van der Waals surface area contributed by atoms with Crippen molar-refractivity contribution in [2.24, 2.45) is 10.8 Å². The number of nitrogens with two attached hydrogens (primary N) is 1. The Kier molecular flexibility index (Phi) is 4.07. The van der Waals surface area contributed by atoms with Gasteiger partial charge in [-0.05, 0) is 31.9 Å². The number of aromatic hydroxyl groups is 1. The maximum absolute atomic E-state index is 12.1. The lowest BCUT2D eigenvalue weighted by Crippen LogP contribution is -2.22. The minimum absolute atomic E-state index is 0.116.